The zero-order chi connectivity index (χ0) is 14.4. The van der Waals surface area contributed by atoms with Crippen LogP contribution in [0.15, 0.2) is 29.2 Å². The molecule has 1 aromatic rings. The van der Waals surface area contributed by atoms with Gasteiger partial charge in [0.2, 0.25) is 5.91 Å². The van der Waals surface area contributed by atoms with Gasteiger partial charge in [-0.2, -0.15) is 0 Å². The number of aryl methyl sites for hydroxylation is 1. The first-order valence-corrected chi connectivity index (χ1v) is 8.29. The number of amides is 1. The Morgan fingerprint density at radius 2 is 2.15 bits per heavy atom. The third-order valence-electron chi connectivity index (χ3n) is 3.85. The van der Waals surface area contributed by atoms with E-state index < -0.39 is 0 Å². The van der Waals surface area contributed by atoms with Crippen LogP contribution in [0.4, 0.5) is 0 Å². The van der Waals surface area contributed by atoms with Gasteiger partial charge in [-0.15, -0.1) is 11.8 Å². The van der Waals surface area contributed by atoms with Crippen LogP contribution in [0.3, 0.4) is 0 Å². The van der Waals surface area contributed by atoms with Gasteiger partial charge in [-0.05, 0) is 31.4 Å². The van der Waals surface area contributed by atoms with Gasteiger partial charge in [0.15, 0.2) is 0 Å². The smallest absolute Gasteiger partial charge is 0.233 e. The van der Waals surface area contributed by atoms with Crippen molar-refractivity contribution in [2.75, 3.05) is 18.9 Å². The van der Waals surface area contributed by atoms with E-state index in [-0.39, 0.29) is 18.6 Å². The van der Waals surface area contributed by atoms with E-state index >= 15 is 0 Å². The van der Waals surface area contributed by atoms with Crippen LogP contribution in [0.25, 0.3) is 0 Å². The summed E-state index contributed by atoms with van der Waals surface area (Å²) in [5, 5.41) is 9.46. The molecule has 1 saturated heterocycles. The largest absolute Gasteiger partial charge is 0.394 e. The molecule has 1 N–H and O–H groups in total. The molecule has 0 spiro atoms. The summed E-state index contributed by atoms with van der Waals surface area (Å²) in [6, 6.07) is 8.15. The first-order valence-electron chi connectivity index (χ1n) is 7.31. The van der Waals surface area contributed by atoms with Crippen LogP contribution in [0, 0.1) is 6.92 Å². The number of aliphatic hydroxyl groups is 1. The molecule has 0 radical (unpaired) electrons. The van der Waals surface area contributed by atoms with Crippen LogP contribution < -0.4 is 0 Å². The molecule has 1 aliphatic rings. The van der Waals surface area contributed by atoms with Crippen molar-refractivity contribution in [3.8, 4) is 0 Å². The van der Waals surface area contributed by atoms with Crippen LogP contribution in [0.2, 0.25) is 0 Å². The Hall–Kier alpha value is -1.00. The highest BCUT2D eigenvalue weighted by Gasteiger charge is 2.24. The predicted octanol–water partition coefficient (Wildman–Crippen LogP) is 2.85. The Balaban J connectivity index is 1.94. The Bertz CT molecular complexity index is 450. The number of thioether (sulfide) groups is 1. The summed E-state index contributed by atoms with van der Waals surface area (Å²) in [4.78, 5) is 15.4. The van der Waals surface area contributed by atoms with Gasteiger partial charge in [-0.25, -0.2) is 0 Å². The fraction of sp³-hybridized carbons (Fsp3) is 0.562. The fourth-order valence-electron chi connectivity index (χ4n) is 2.64. The molecule has 4 heteroatoms. The topological polar surface area (TPSA) is 40.5 Å². The summed E-state index contributed by atoms with van der Waals surface area (Å²) in [7, 11) is 0. The number of carbonyl (C=O) groups is 1. The van der Waals surface area contributed by atoms with Crippen molar-refractivity contribution in [2.24, 2.45) is 0 Å². The number of nitrogens with zero attached hydrogens (tertiary/aromatic N) is 1. The molecular formula is C16H23NO2S. The van der Waals surface area contributed by atoms with E-state index in [2.05, 4.69) is 19.1 Å². The zero-order valence-corrected chi connectivity index (χ0v) is 12.9. The minimum absolute atomic E-state index is 0.0162. The minimum Gasteiger partial charge on any atom is -0.394 e. The number of hydrogen-bond donors (Lipinski definition) is 1. The van der Waals surface area contributed by atoms with Crippen molar-refractivity contribution in [1.29, 1.82) is 0 Å². The van der Waals surface area contributed by atoms with Crippen molar-refractivity contribution in [3.05, 3.63) is 29.8 Å². The van der Waals surface area contributed by atoms with Crippen LogP contribution in [-0.4, -0.2) is 40.9 Å². The highest BCUT2D eigenvalue weighted by atomic mass is 32.2. The van der Waals surface area contributed by atoms with Crippen LogP contribution in [0.5, 0.6) is 0 Å². The van der Waals surface area contributed by atoms with Crippen molar-refractivity contribution in [2.45, 2.75) is 43.5 Å². The molecule has 1 unspecified atom stereocenters. The van der Waals surface area contributed by atoms with Crippen molar-refractivity contribution in [3.63, 3.8) is 0 Å². The van der Waals surface area contributed by atoms with E-state index in [1.54, 1.807) is 11.8 Å². The van der Waals surface area contributed by atoms with E-state index in [1.165, 1.54) is 5.56 Å². The monoisotopic (exact) mass is 293 g/mol. The Labute approximate surface area is 125 Å². The molecular weight excluding hydrogens is 270 g/mol. The van der Waals surface area contributed by atoms with Crippen molar-refractivity contribution < 1.29 is 9.90 Å². The second kappa shape index (κ2) is 7.70. The molecule has 1 aromatic carbocycles. The van der Waals surface area contributed by atoms with E-state index in [0.717, 1.165) is 37.1 Å². The van der Waals surface area contributed by atoms with Crippen molar-refractivity contribution >= 4 is 17.7 Å². The van der Waals surface area contributed by atoms with Gasteiger partial charge in [0, 0.05) is 11.4 Å². The van der Waals surface area contributed by atoms with Gasteiger partial charge in [0.25, 0.3) is 0 Å². The second-order valence-corrected chi connectivity index (χ2v) is 6.34. The van der Waals surface area contributed by atoms with Gasteiger partial charge in [0.05, 0.1) is 18.4 Å². The summed E-state index contributed by atoms with van der Waals surface area (Å²) in [6.45, 7) is 2.94. The number of carbonyl (C=O) groups excluding carboxylic acids is 1. The highest BCUT2D eigenvalue weighted by Crippen LogP contribution is 2.24. The fourth-order valence-corrected chi connectivity index (χ4v) is 3.55. The van der Waals surface area contributed by atoms with E-state index in [1.807, 2.05) is 17.0 Å². The number of likely N-dealkylation sites (tertiary alicyclic amines) is 1. The molecule has 0 aromatic heterocycles. The van der Waals surface area contributed by atoms with Crippen LogP contribution >= 0.6 is 11.8 Å². The Morgan fingerprint density at radius 3 is 2.90 bits per heavy atom. The quantitative estimate of drug-likeness (QED) is 0.868. The molecule has 1 atom stereocenters. The molecule has 0 bridgehead atoms. The molecule has 1 heterocycles. The number of aliphatic hydroxyl groups excluding tert-OH is 1. The Morgan fingerprint density at radius 1 is 1.35 bits per heavy atom. The lowest BCUT2D eigenvalue weighted by atomic mass is 10.1. The van der Waals surface area contributed by atoms with Crippen LogP contribution in [-0.2, 0) is 4.79 Å². The van der Waals surface area contributed by atoms with E-state index in [0.29, 0.717) is 5.75 Å². The maximum atomic E-state index is 12.4. The SMILES string of the molecule is Cc1ccccc1SCC(=O)N1CCCCCC1CO. The lowest BCUT2D eigenvalue weighted by Gasteiger charge is -2.28. The molecule has 1 aliphatic heterocycles. The third-order valence-corrected chi connectivity index (χ3v) is 5.01. The molecule has 110 valence electrons. The molecule has 2 rings (SSSR count). The molecule has 3 nitrogen and oxygen atoms in total. The maximum absolute atomic E-state index is 12.4. The molecule has 1 amide bonds. The number of rotatable bonds is 4. The lowest BCUT2D eigenvalue weighted by Crippen LogP contribution is -2.43. The zero-order valence-electron chi connectivity index (χ0n) is 12.0. The lowest BCUT2D eigenvalue weighted by molar-refractivity contribution is -0.131. The average Bonchev–Trinajstić information content (AvgIpc) is 2.71. The summed E-state index contributed by atoms with van der Waals surface area (Å²) < 4.78 is 0. The summed E-state index contributed by atoms with van der Waals surface area (Å²) >= 11 is 1.60. The highest BCUT2D eigenvalue weighted by molar-refractivity contribution is 8.00. The van der Waals surface area contributed by atoms with E-state index in [9.17, 15) is 9.90 Å². The first kappa shape index (κ1) is 15.4. The van der Waals surface area contributed by atoms with Gasteiger partial charge < -0.3 is 10.0 Å². The second-order valence-electron chi connectivity index (χ2n) is 5.33. The maximum Gasteiger partial charge on any atom is 0.233 e. The average molecular weight is 293 g/mol. The van der Waals surface area contributed by atoms with Crippen LogP contribution in [0.1, 0.15) is 31.2 Å². The van der Waals surface area contributed by atoms with Crippen molar-refractivity contribution in [1.82, 2.24) is 4.90 Å². The van der Waals surface area contributed by atoms with E-state index in [4.69, 9.17) is 0 Å². The number of hydrogen-bond acceptors (Lipinski definition) is 3. The first-order chi connectivity index (χ1) is 9.72. The summed E-state index contributed by atoms with van der Waals surface area (Å²) in [5.74, 6) is 0.612. The normalized spacial score (nSPS) is 19.7. The third kappa shape index (κ3) is 4.00. The summed E-state index contributed by atoms with van der Waals surface area (Å²) in [6.07, 6.45) is 4.25. The number of benzene rings is 1. The molecule has 0 saturated carbocycles. The summed E-state index contributed by atoms with van der Waals surface area (Å²) in [5.41, 5.74) is 1.21. The predicted molar refractivity (Wildman–Crippen MR) is 83.0 cm³/mol. The Kier molecular flexibility index (Phi) is 5.92. The van der Waals surface area contributed by atoms with Gasteiger partial charge in [-0.3, -0.25) is 4.79 Å². The molecule has 0 aliphatic carbocycles. The standard InChI is InChI=1S/C16H23NO2S/c1-13-7-4-5-9-15(13)20-12-16(19)17-10-6-2-3-8-14(17)11-18/h4-5,7,9,14,18H,2-3,6,8,10-12H2,1H3. The van der Waals surface area contributed by atoms with Gasteiger partial charge >= 0.3 is 0 Å². The molecule has 1 fully saturated rings. The van der Waals surface area contributed by atoms with Gasteiger partial charge in [0.1, 0.15) is 0 Å². The van der Waals surface area contributed by atoms with Gasteiger partial charge in [-0.1, -0.05) is 31.0 Å². The molecule has 20 heavy (non-hydrogen) atoms. The minimum atomic E-state index is 0.0162.